The molecule has 0 radical (unpaired) electrons. The maximum Gasteiger partial charge on any atom is 0.349 e. The molecule has 3 aromatic rings. The molecule has 0 bridgehead atoms. The minimum absolute atomic E-state index is 0.168. The van der Waals surface area contributed by atoms with Gasteiger partial charge in [-0.3, -0.25) is 0 Å². The Morgan fingerprint density at radius 1 is 1.00 bits per heavy atom. The van der Waals surface area contributed by atoms with Gasteiger partial charge in [-0.25, -0.2) is 4.79 Å². The van der Waals surface area contributed by atoms with Gasteiger partial charge in [0.1, 0.15) is 11.5 Å². The lowest BCUT2D eigenvalue weighted by molar-refractivity contribution is -0.136. The number of esters is 1. The van der Waals surface area contributed by atoms with Crippen LogP contribution in [0.2, 0.25) is 0 Å². The van der Waals surface area contributed by atoms with E-state index < -0.39 is 5.97 Å². The summed E-state index contributed by atoms with van der Waals surface area (Å²) in [5, 5.41) is 2.13. The smallest absolute Gasteiger partial charge is 0.349 e. The second-order valence-corrected chi connectivity index (χ2v) is 7.13. The molecule has 3 aromatic carbocycles. The second kappa shape index (κ2) is 8.02. The molecule has 0 saturated heterocycles. The summed E-state index contributed by atoms with van der Waals surface area (Å²) in [5.74, 6) is 0.643. The molecular weight excluding hydrogens is 448 g/mol. The Bertz CT molecular complexity index is 922. The second-order valence-electron chi connectivity index (χ2n) is 5.48. The molecule has 0 fully saturated rings. The van der Waals surface area contributed by atoms with E-state index in [0.29, 0.717) is 11.5 Å². The molecule has 25 heavy (non-hydrogen) atoms. The number of hydrogen-bond donors (Lipinski definition) is 0. The van der Waals surface area contributed by atoms with Crippen molar-refractivity contribution in [2.45, 2.75) is 13.3 Å². The zero-order chi connectivity index (χ0) is 17.8. The van der Waals surface area contributed by atoms with Crippen molar-refractivity contribution < 1.29 is 14.3 Å². The number of fused-ring (bicyclic) bond motifs is 1. The topological polar surface area (TPSA) is 35.5 Å². The predicted molar refractivity (Wildman–Crippen MR) is 106 cm³/mol. The Kier molecular flexibility index (Phi) is 5.76. The van der Waals surface area contributed by atoms with Crippen LogP contribution in [-0.2, 0) is 11.2 Å². The molecule has 3 rings (SSSR count). The first kappa shape index (κ1) is 18.0. The first-order valence-corrected chi connectivity index (χ1v) is 9.46. The van der Waals surface area contributed by atoms with E-state index in [9.17, 15) is 4.79 Å². The Morgan fingerprint density at radius 2 is 1.76 bits per heavy atom. The van der Waals surface area contributed by atoms with Crippen molar-refractivity contribution in [3.8, 4) is 11.5 Å². The molecule has 0 aromatic heterocycles. The highest BCUT2D eigenvalue weighted by atomic mass is 79.9. The maximum absolute atomic E-state index is 12.1. The van der Waals surface area contributed by atoms with Crippen molar-refractivity contribution in [2.75, 3.05) is 6.61 Å². The van der Waals surface area contributed by atoms with Crippen molar-refractivity contribution in [2.24, 2.45) is 0 Å². The Morgan fingerprint density at radius 3 is 2.52 bits per heavy atom. The first-order valence-electron chi connectivity index (χ1n) is 7.87. The van der Waals surface area contributed by atoms with Gasteiger partial charge in [-0.2, -0.15) is 0 Å². The molecule has 0 aliphatic rings. The average molecular weight is 464 g/mol. The van der Waals surface area contributed by atoms with Gasteiger partial charge in [0.25, 0.3) is 0 Å². The number of aryl methyl sites for hydroxylation is 1. The van der Waals surface area contributed by atoms with E-state index in [4.69, 9.17) is 9.47 Å². The van der Waals surface area contributed by atoms with Gasteiger partial charge < -0.3 is 9.47 Å². The summed E-state index contributed by atoms with van der Waals surface area (Å²) in [4.78, 5) is 12.1. The molecule has 0 amide bonds. The number of rotatable bonds is 5. The molecule has 0 aliphatic heterocycles. The molecule has 0 unspecified atom stereocenters. The van der Waals surface area contributed by atoms with E-state index in [1.54, 1.807) is 6.07 Å². The minimum Gasteiger partial charge on any atom is -0.481 e. The monoisotopic (exact) mass is 462 g/mol. The normalized spacial score (nSPS) is 10.7. The Labute approximate surface area is 163 Å². The zero-order valence-corrected chi connectivity index (χ0v) is 16.8. The van der Waals surface area contributed by atoms with Crippen LogP contribution in [0.25, 0.3) is 10.8 Å². The Hall–Kier alpha value is -1.85. The molecule has 0 N–H and O–H groups in total. The summed E-state index contributed by atoms with van der Waals surface area (Å²) in [6.07, 6.45) is 0.923. The van der Waals surface area contributed by atoms with Gasteiger partial charge in [0.2, 0.25) is 0 Å². The van der Waals surface area contributed by atoms with Gasteiger partial charge in [0.05, 0.1) is 8.95 Å². The van der Waals surface area contributed by atoms with Crippen LogP contribution < -0.4 is 9.47 Å². The van der Waals surface area contributed by atoms with Crippen molar-refractivity contribution in [3.63, 3.8) is 0 Å². The first-order chi connectivity index (χ1) is 12.1. The molecule has 0 saturated carbocycles. The molecule has 3 nitrogen and oxygen atoms in total. The molecule has 0 spiro atoms. The van der Waals surface area contributed by atoms with Gasteiger partial charge in [0, 0.05) is 0 Å². The highest BCUT2D eigenvalue weighted by molar-refractivity contribution is 9.11. The van der Waals surface area contributed by atoms with Gasteiger partial charge in [-0.05, 0) is 72.8 Å². The number of ether oxygens (including phenoxy) is 2. The van der Waals surface area contributed by atoms with Crippen molar-refractivity contribution in [1.29, 1.82) is 0 Å². The van der Waals surface area contributed by atoms with Crippen molar-refractivity contribution >= 4 is 48.6 Å². The highest BCUT2D eigenvalue weighted by Gasteiger charge is 2.12. The summed E-state index contributed by atoms with van der Waals surface area (Å²) >= 11 is 6.97. The SMILES string of the molecule is CCc1ccc(OC(=O)COc2ccc3ccccc3c2Br)c(Br)c1. The number of carbonyl (C=O) groups excluding carboxylic acids is 1. The fraction of sp³-hybridized carbons (Fsp3) is 0.150. The number of hydrogen-bond acceptors (Lipinski definition) is 3. The van der Waals surface area contributed by atoms with Crippen LogP contribution in [0.4, 0.5) is 0 Å². The molecule has 128 valence electrons. The van der Waals surface area contributed by atoms with E-state index in [1.807, 2.05) is 48.5 Å². The average Bonchev–Trinajstić information content (AvgIpc) is 2.63. The van der Waals surface area contributed by atoms with E-state index >= 15 is 0 Å². The largest absolute Gasteiger partial charge is 0.481 e. The third kappa shape index (κ3) is 4.22. The molecule has 0 aliphatic carbocycles. The van der Waals surface area contributed by atoms with E-state index in [-0.39, 0.29) is 6.61 Å². The van der Waals surface area contributed by atoms with Crippen LogP contribution in [0.1, 0.15) is 12.5 Å². The van der Waals surface area contributed by atoms with Crippen LogP contribution in [0.3, 0.4) is 0 Å². The molecular formula is C20H16Br2O3. The third-order valence-electron chi connectivity index (χ3n) is 3.80. The summed E-state index contributed by atoms with van der Waals surface area (Å²) in [6.45, 7) is 1.90. The summed E-state index contributed by atoms with van der Waals surface area (Å²) < 4.78 is 12.6. The fourth-order valence-corrected chi connectivity index (χ4v) is 3.58. The zero-order valence-electron chi connectivity index (χ0n) is 13.6. The third-order valence-corrected chi connectivity index (χ3v) is 5.24. The van der Waals surface area contributed by atoms with Gasteiger partial charge in [0.15, 0.2) is 6.61 Å². The van der Waals surface area contributed by atoms with Gasteiger partial charge in [-0.15, -0.1) is 0 Å². The van der Waals surface area contributed by atoms with Crippen LogP contribution in [0.5, 0.6) is 11.5 Å². The quantitative estimate of drug-likeness (QED) is 0.348. The molecule has 0 atom stereocenters. The van der Waals surface area contributed by atoms with E-state index in [1.165, 1.54) is 5.56 Å². The number of carbonyl (C=O) groups is 1. The highest BCUT2D eigenvalue weighted by Crippen LogP contribution is 2.33. The fourth-order valence-electron chi connectivity index (χ4n) is 2.46. The standard InChI is InChI=1S/C20H16Br2O3/c1-2-13-7-9-17(16(21)11-13)25-19(23)12-24-18-10-8-14-5-3-4-6-15(14)20(18)22/h3-11H,2,12H2,1H3. The maximum atomic E-state index is 12.1. The van der Waals surface area contributed by atoms with Crippen LogP contribution in [-0.4, -0.2) is 12.6 Å². The lowest BCUT2D eigenvalue weighted by Gasteiger charge is -2.11. The Balaban J connectivity index is 1.67. The van der Waals surface area contributed by atoms with Crippen LogP contribution in [0, 0.1) is 0 Å². The van der Waals surface area contributed by atoms with Crippen molar-refractivity contribution in [1.82, 2.24) is 0 Å². The summed E-state index contributed by atoms with van der Waals surface area (Å²) in [6, 6.07) is 17.4. The van der Waals surface area contributed by atoms with Crippen LogP contribution in [0.15, 0.2) is 63.5 Å². The predicted octanol–water partition coefficient (Wildman–Crippen LogP) is 5.91. The van der Waals surface area contributed by atoms with E-state index in [0.717, 1.165) is 26.1 Å². The van der Waals surface area contributed by atoms with Gasteiger partial charge in [-0.1, -0.05) is 43.3 Å². The lowest BCUT2D eigenvalue weighted by Crippen LogP contribution is -2.18. The number of benzene rings is 3. The molecule has 0 heterocycles. The summed E-state index contributed by atoms with van der Waals surface area (Å²) in [7, 11) is 0. The lowest BCUT2D eigenvalue weighted by atomic mass is 10.1. The van der Waals surface area contributed by atoms with E-state index in [2.05, 4.69) is 38.8 Å². The molecule has 5 heteroatoms. The van der Waals surface area contributed by atoms with Gasteiger partial charge >= 0.3 is 5.97 Å². The van der Waals surface area contributed by atoms with Crippen LogP contribution >= 0.6 is 31.9 Å². The minimum atomic E-state index is -0.454. The van der Waals surface area contributed by atoms with Crippen molar-refractivity contribution in [3.05, 3.63) is 69.1 Å². The number of halogens is 2. The summed E-state index contributed by atoms with van der Waals surface area (Å²) in [5.41, 5.74) is 1.17.